The minimum Gasteiger partial charge on any atom is -0.338 e. The first-order valence-corrected chi connectivity index (χ1v) is 8.13. The van der Waals surface area contributed by atoms with Crippen molar-refractivity contribution in [1.29, 1.82) is 0 Å². The molecule has 5 nitrogen and oxygen atoms in total. The van der Waals surface area contributed by atoms with Gasteiger partial charge < -0.3 is 15.5 Å². The van der Waals surface area contributed by atoms with Gasteiger partial charge in [-0.1, -0.05) is 18.6 Å². The number of likely N-dealkylation sites (tertiary alicyclic amines) is 1. The molecule has 1 unspecified atom stereocenters. The molecule has 1 aromatic rings. The van der Waals surface area contributed by atoms with Crippen molar-refractivity contribution in [3.63, 3.8) is 0 Å². The number of nitrogens with one attached hydrogen (secondary N) is 2. The molecule has 0 radical (unpaired) electrons. The highest BCUT2D eigenvalue weighted by atomic mass is 35.5. The zero-order valence-electron chi connectivity index (χ0n) is 13.2. The van der Waals surface area contributed by atoms with E-state index in [1.165, 1.54) is 0 Å². The Morgan fingerprint density at radius 2 is 2.00 bits per heavy atom. The van der Waals surface area contributed by atoms with Crippen molar-refractivity contribution in [2.24, 2.45) is 0 Å². The van der Waals surface area contributed by atoms with Crippen molar-refractivity contribution in [2.75, 3.05) is 18.4 Å². The van der Waals surface area contributed by atoms with Crippen LogP contribution in [0, 0.1) is 0 Å². The summed E-state index contributed by atoms with van der Waals surface area (Å²) in [5.41, 5.74) is 1.91. The van der Waals surface area contributed by atoms with Crippen molar-refractivity contribution in [3.8, 4) is 0 Å². The summed E-state index contributed by atoms with van der Waals surface area (Å²) in [6.07, 6.45) is 4.78. The average Bonchev–Trinajstić information content (AvgIpc) is 2.95. The molecule has 126 valence electrons. The van der Waals surface area contributed by atoms with E-state index in [1.54, 1.807) is 0 Å². The van der Waals surface area contributed by atoms with E-state index < -0.39 is 0 Å². The van der Waals surface area contributed by atoms with E-state index in [0.717, 1.165) is 50.0 Å². The van der Waals surface area contributed by atoms with Gasteiger partial charge in [0, 0.05) is 25.2 Å². The van der Waals surface area contributed by atoms with Crippen molar-refractivity contribution in [2.45, 2.75) is 44.7 Å². The zero-order chi connectivity index (χ0) is 15.4. The number of carbonyl (C=O) groups excluding carboxylic acids is 2. The van der Waals surface area contributed by atoms with E-state index in [0.29, 0.717) is 13.0 Å². The van der Waals surface area contributed by atoms with E-state index >= 15 is 0 Å². The van der Waals surface area contributed by atoms with Gasteiger partial charge in [0.2, 0.25) is 11.8 Å². The van der Waals surface area contributed by atoms with Gasteiger partial charge in [-0.25, -0.2) is 0 Å². The molecule has 2 fully saturated rings. The number of nitrogens with zero attached hydrogens (tertiary/aromatic N) is 1. The van der Waals surface area contributed by atoms with E-state index in [4.69, 9.17) is 0 Å². The monoisotopic (exact) mass is 337 g/mol. The molecule has 0 saturated carbocycles. The molecule has 6 heteroatoms. The van der Waals surface area contributed by atoms with Crippen LogP contribution in [0.3, 0.4) is 0 Å². The minimum atomic E-state index is -0.0735. The van der Waals surface area contributed by atoms with E-state index in [9.17, 15) is 9.59 Å². The SMILES string of the molecule is Cl.O=C(Nc1ccc(CN2CCCC2=O)cc1)C1CCCCN1. The summed E-state index contributed by atoms with van der Waals surface area (Å²) in [5, 5.41) is 6.21. The number of rotatable bonds is 4. The molecule has 2 amide bonds. The quantitative estimate of drug-likeness (QED) is 0.886. The van der Waals surface area contributed by atoms with Crippen LogP contribution in [-0.4, -0.2) is 35.8 Å². The smallest absolute Gasteiger partial charge is 0.241 e. The van der Waals surface area contributed by atoms with Gasteiger partial charge in [-0.3, -0.25) is 9.59 Å². The molecule has 0 spiro atoms. The summed E-state index contributed by atoms with van der Waals surface area (Å²) in [5.74, 6) is 0.280. The Labute approximate surface area is 143 Å². The number of anilines is 1. The second kappa shape index (κ2) is 8.31. The number of carbonyl (C=O) groups is 2. The summed E-state index contributed by atoms with van der Waals surface area (Å²) >= 11 is 0. The first kappa shape index (κ1) is 17.8. The van der Waals surface area contributed by atoms with Gasteiger partial charge in [0.15, 0.2) is 0 Å². The third-order valence-electron chi connectivity index (χ3n) is 4.39. The van der Waals surface area contributed by atoms with Crippen molar-refractivity contribution in [1.82, 2.24) is 10.2 Å². The Hall–Kier alpha value is -1.59. The molecule has 23 heavy (non-hydrogen) atoms. The highest BCUT2D eigenvalue weighted by Gasteiger charge is 2.21. The third kappa shape index (κ3) is 4.69. The molecule has 3 rings (SSSR count). The van der Waals surface area contributed by atoms with Crippen LogP contribution in [-0.2, 0) is 16.1 Å². The predicted octanol–water partition coefficient (Wildman–Crippen LogP) is 2.31. The van der Waals surface area contributed by atoms with Gasteiger partial charge in [-0.2, -0.15) is 0 Å². The fourth-order valence-corrected chi connectivity index (χ4v) is 3.09. The lowest BCUT2D eigenvalue weighted by Crippen LogP contribution is -2.43. The van der Waals surface area contributed by atoms with Crippen molar-refractivity contribution < 1.29 is 9.59 Å². The molecule has 2 N–H and O–H groups in total. The highest BCUT2D eigenvalue weighted by molar-refractivity contribution is 5.94. The lowest BCUT2D eigenvalue weighted by atomic mass is 10.0. The predicted molar refractivity (Wildman–Crippen MR) is 92.6 cm³/mol. The summed E-state index contributed by atoms with van der Waals surface area (Å²) in [6.45, 7) is 2.43. The molecule has 0 aromatic heterocycles. The van der Waals surface area contributed by atoms with Gasteiger partial charge in [-0.15, -0.1) is 12.4 Å². The van der Waals surface area contributed by atoms with Gasteiger partial charge in [0.1, 0.15) is 0 Å². The fourth-order valence-electron chi connectivity index (χ4n) is 3.09. The van der Waals surface area contributed by atoms with E-state index in [2.05, 4.69) is 10.6 Å². The van der Waals surface area contributed by atoms with Crippen LogP contribution >= 0.6 is 12.4 Å². The standard InChI is InChI=1S/C17H23N3O2.ClH/c21-16-5-3-11-20(16)12-13-6-8-14(9-7-13)19-17(22)15-4-1-2-10-18-15;/h6-9,15,18H,1-5,10-12H2,(H,19,22);1H. The van der Waals surface area contributed by atoms with E-state index in [-0.39, 0.29) is 30.3 Å². The van der Waals surface area contributed by atoms with Crippen molar-refractivity contribution in [3.05, 3.63) is 29.8 Å². The van der Waals surface area contributed by atoms with Crippen molar-refractivity contribution >= 4 is 29.9 Å². The van der Waals surface area contributed by atoms with Gasteiger partial charge in [-0.05, 0) is 43.5 Å². The number of amides is 2. The molecule has 2 heterocycles. The van der Waals surface area contributed by atoms with Crippen LogP contribution in [0.4, 0.5) is 5.69 Å². The number of hydrogen-bond donors (Lipinski definition) is 2. The lowest BCUT2D eigenvalue weighted by Gasteiger charge is -2.22. The highest BCUT2D eigenvalue weighted by Crippen LogP contribution is 2.17. The van der Waals surface area contributed by atoms with Crippen LogP contribution in [0.15, 0.2) is 24.3 Å². The largest absolute Gasteiger partial charge is 0.338 e. The molecule has 1 atom stereocenters. The first-order valence-electron chi connectivity index (χ1n) is 8.13. The molecular weight excluding hydrogens is 314 g/mol. The molecule has 0 aliphatic carbocycles. The third-order valence-corrected chi connectivity index (χ3v) is 4.39. The maximum Gasteiger partial charge on any atom is 0.241 e. The lowest BCUT2D eigenvalue weighted by molar-refractivity contribution is -0.128. The Balaban J connectivity index is 0.00000192. The maximum absolute atomic E-state index is 12.1. The van der Waals surface area contributed by atoms with Crippen LogP contribution < -0.4 is 10.6 Å². The first-order chi connectivity index (χ1) is 10.7. The van der Waals surface area contributed by atoms with E-state index in [1.807, 2.05) is 29.2 Å². The Kier molecular flexibility index (Phi) is 6.42. The Morgan fingerprint density at radius 1 is 1.22 bits per heavy atom. The summed E-state index contributed by atoms with van der Waals surface area (Å²) in [7, 11) is 0. The second-order valence-electron chi connectivity index (χ2n) is 6.11. The molecule has 0 bridgehead atoms. The Bertz CT molecular complexity index is 541. The summed E-state index contributed by atoms with van der Waals surface area (Å²) in [6, 6.07) is 7.72. The van der Waals surface area contributed by atoms with Crippen LogP contribution in [0.2, 0.25) is 0 Å². The zero-order valence-corrected chi connectivity index (χ0v) is 14.0. The molecule has 1 aromatic carbocycles. The van der Waals surface area contributed by atoms with Gasteiger partial charge in [0.25, 0.3) is 0 Å². The Morgan fingerprint density at radius 3 is 2.61 bits per heavy atom. The maximum atomic E-state index is 12.1. The van der Waals surface area contributed by atoms with Crippen LogP contribution in [0.25, 0.3) is 0 Å². The number of hydrogen-bond acceptors (Lipinski definition) is 3. The molecule has 2 saturated heterocycles. The summed E-state index contributed by atoms with van der Waals surface area (Å²) < 4.78 is 0. The normalized spacial score (nSPS) is 21.0. The van der Waals surface area contributed by atoms with Crippen LogP contribution in [0.5, 0.6) is 0 Å². The topological polar surface area (TPSA) is 61.4 Å². The number of halogens is 1. The number of benzene rings is 1. The number of piperidine rings is 1. The summed E-state index contributed by atoms with van der Waals surface area (Å²) in [4.78, 5) is 25.7. The molecule has 2 aliphatic rings. The second-order valence-corrected chi connectivity index (χ2v) is 6.11. The fraction of sp³-hybridized carbons (Fsp3) is 0.529. The van der Waals surface area contributed by atoms with Gasteiger partial charge in [0.05, 0.1) is 6.04 Å². The van der Waals surface area contributed by atoms with Crippen LogP contribution in [0.1, 0.15) is 37.7 Å². The minimum absolute atomic E-state index is 0. The van der Waals surface area contributed by atoms with Gasteiger partial charge >= 0.3 is 0 Å². The average molecular weight is 338 g/mol. The molecule has 2 aliphatic heterocycles. The molecular formula is C17H24ClN3O2.